The van der Waals surface area contributed by atoms with E-state index in [1.807, 2.05) is 47.4 Å². The predicted octanol–water partition coefficient (Wildman–Crippen LogP) is 6.20. The first-order chi connectivity index (χ1) is 13.3. The van der Waals surface area contributed by atoms with Gasteiger partial charge >= 0.3 is 0 Å². The van der Waals surface area contributed by atoms with Gasteiger partial charge in [-0.1, -0.05) is 69.4 Å². The van der Waals surface area contributed by atoms with Gasteiger partial charge < -0.3 is 4.74 Å². The van der Waals surface area contributed by atoms with Gasteiger partial charge in [0, 0.05) is 5.69 Å². The number of ether oxygens (including phenoxy) is 1. The van der Waals surface area contributed by atoms with Crippen LogP contribution in [-0.4, -0.2) is 18.3 Å². The molecule has 0 aliphatic carbocycles. The van der Waals surface area contributed by atoms with E-state index in [4.69, 9.17) is 4.74 Å². The lowest BCUT2D eigenvalue weighted by molar-refractivity contribution is -0.115. The van der Waals surface area contributed by atoms with E-state index in [0.29, 0.717) is 5.75 Å². The van der Waals surface area contributed by atoms with Crippen LogP contribution in [0.3, 0.4) is 0 Å². The monoisotopic (exact) mass is 383 g/mol. The number of hydrogen-bond donors (Lipinski definition) is 0. The molecule has 1 aliphatic rings. The molecule has 0 radical (unpaired) electrons. The minimum atomic E-state index is 0.0347. The SMILES string of the molecule is CCCCCCCCOc1ccc(C2SCC(=O)N2c2ccccc2)cc1. The molecule has 0 bridgehead atoms. The lowest BCUT2D eigenvalue weighted by Gasteiger charge is -2.24. The van der Waals surface area contributed by atoms with Crippen molar-refractivity contribution in [3.05, 3.63) is 60.2 Å². The highest BCUT2D eigenvalue weighted by molar-refractivity contribution is 8.00. The fourth-order valence-corrected chi connectivity index (χ4v) is 4.52. The average Bonchev–Trinajstić information content (AvgIpc) is 3.10. The molecule has 0 spiro atoms. The van der Waals surface area contributed by atoms with E-state index in [1.54, 1.807) is 11.8 Å². The summed E-state index contributed by atoms with van der Waals surface area (Å²) in [5.74, 6) is 1.60. The summed E-state index contributed by atoms with van der Waals surface area (Å²) in [4.78, 5) is 14.3. The predicted molar refractivity (Wildman–Crippen MR) is 114 cm³/mol. The molecule has 3 nitrogen and oxygen atoms in total. The smallest absolute Gasteiger partial charge is 0.238 e. The third-order valence-electron chi connectivity index (χ3n) is 4.83. The van der Waals surface area contributed by atoms with Crippen molar-refractivity contribution >= 4 is 23.4 Å². The van der Waals surface area contributed by atoms with Crippen molar-refractivity contribution in [3.63, 3.8) is 0 Å². The van der Waals surface area contributed by atoms with Gasteiger partial charge in [0.15, 0.2) is 0 Å². The lowest BCUT2D eigenvalue weighted by Crippen LogP contribution is -2.27. The molecule has 2 aromatic carbocycles. The number of hydrogen-bond acceptors (Lipinski definition) is 3. The molecule has 0 N–H and O–H groups in total. The molecule has 2 aromatic rings. The zero-order valence-corrected chi connectivity index (χ0v) is 16.9. The normalized spacial score (nSPS) is 16.7. The number of benzene rings is 2. The quantitative estimate of drug-likeness (QED) is 0.457. The molecule has 4 heteroatoms. The molecule has 1 saturated heterocycles. The van der Waals surface area contributed by atoms with Gasteiger partial charge in [0.2, 0.25) is 5.91 Å². The minimum absolute atomic E-state index is 0.0347. The van der Waals surface area contributed by atoms with E-state index < -0.39 is 0 Å². The Labute approximate surface area is 167 Å². The number of rotatable bonds is 10. The molecule has 1 fully saturated rings. The van der Waals surface area contributed by atoms with Crippen LogP contribution in [0.2, 0.25) is 0 Å². The number of thioether (sulfide) groups is 1. The van der Waals surface area contributed by atoms with E-state index in [2.05, 4.69) is 19.1 Å². The number of amides is 1. The second-order valence-electron chi connectivity index (χ2n) is 6.95. The molecule has 1 unspecified atom stereocenters. The highest BCUT2D eigenvalue weighted by atomic mass is 32.2. The molecule has 0 saturated carbocycles. The summed E-state index contributed by atoms with van der Waals surface area (Å²) in [6.07, 6.45) is 7.61. The molecule has 1 aliphatic heterocycles. The Morgan fingerprint density at radius 2 is 1.67 bits per heavy atom. The first kappa shape index (κ1) is 19.8. The van der Waals surface area contributed by atoms with Crippen LogP contribution < -0.4 is 9.64 Å². The average molecular weight is 384 g/mol. The van der Waals surface area contributed by atoms with Crippen LogP contribution in [-0.2, 0) is 4.79 Å². The van der Waals surface area contributed by atoms with E-state index in [0.717, 1.165) is 30.0 Å². The number of unbranched alkanes of at least 4 members (excludes halogenated alkanes) is 5. The van der Waals surface area contributed by atoms with E-state index >= 15 is 0 Å². The van der Waals surface area contributed by atoms with Crippen molar-refractivity contribution in [3.8, 4) is 5.75 Å². The van der Waals surface area contributed by atoms with Crippen LogP contribution >= 0.6 is 11.8 Å². The zero-order chi connectivity index (χ0) is 18.9. The van der Waals surface area contributed by atoms with Crippen molar-refractivity contribution in [2.24, 2.45) is 0 Å². The van der Waals surface area contributed by atoms with E-state index in [1.165, 1.54) is 32.1 Å². The Morgan fingerprint density at radius 1 is 0.963 bits per heavy atom. The van der Waals surface area contributed by atoms with E-state index in [-0.39, 0.29) is 11.3 Å². The second-order valence-corrected chi connectivity index (χ2v) is 8.02. The molecule has 1 amide bonds. The number of nitrogens with zero attached hydrogens (tertiary/aromatic N) is 1. The Hall–Kier alpha value is -1.94. The largest absolute Gasteiger partial charge is 0.494 e. The van der Waals surface area contributed by atoms with Crippen LogP contribution in [0.1, 0.15) is 56.4 Å². The van der Waals surface area contributed by atoms with Gasteiger partial charge in [0.05, 0.1) is 12.4 Å². The number of carbonyl (C=O) groups excluding carboxylic acids is 1. The minimum Gasteiger partial charge on any atom is -0.494 e. The molecular formula is C23H29NO2S. The summed E-state index contributed by atoms with van der Waals surface area (Å²) in [6, 6.07) is 18.1. The Balaban J connectivity index is 1.53. The Bertz CT molecular complexity index is 702. The summed E-state index contributed by atoms with van der Waals surface area (Å²) in [7, 11) is 0. The molecule has 27 heavy (non-hydrogen) atoms. The van der Waals surface area contributed by atoms with Crippen molar-refractivity contribution < 1.29 is 9.53 Å². The summed E-state index contributed by atoms with van der Waals surface area (Å²) >= 11 is 1.68. The number of carbonyl (C=O) groups is 1. The second kappa shape index (κ2) is 10.4. The maximum atomic E-state index is 12.4. The van der Waals surface area contributed by atoms with Crippen molar-refractivity contribution in [1.82, 2.24) is 0 Å². The van der Waals surface area contributed by atoms with Crippen molar-refractivity contribution in [2.45, 2.75) is 50.8 Å². The van der Waals surface area contributed by atoms with Crippen molar-refractivity contribution in [1.29, 1.82) is 0 Å². The zero-order valence-electron chi connectivity index (χ0n) is 16.1. The maximum Gasteiger partial charge on any atom is 0.238 e. The van der Waals surface area contributed by atoms with Gasteiger partial charge in [-0.15, -0.1) is 11.8 Å². The van der Waals surface area contributed by atoms with Crippen LogP contribution in [0.5, 0.6) is 5.75 Å². The topological polar surface area (TPSA) is 29.5 Å². The highest BCUT2D eigenvalue weighted by Crippen LogP contribution is 2.41. The number of anilines is 1. The van der Waals surface area contributed by atoms with Crippen LogP contribution in [0.15, 0.2) is 54.6 Å². The molecular weight excluding hydrogens is 354 g/mol. The van der Waals surface area contributed by atoms with Crippen LogP contribution in [0, 0.1) is 0 Å². The fourth-order valence-electron chi connectivity index (χ4n) is 3.34. The summed E-state index contributed by atoms with van der Waals surface area (Å²) in [5, 5.41) is 0.0347. The standard InChI is InChI=1S/C23H29NO2S/c1-2-3-4-5-6-10-17-26-21-15-13-19(14-16-21)23-24(22(25)18-27-23)20-11-8-7-9-12-20/h7-9,11-16,23H,2-6,10,17-18H2,1H3. The Morgan fingerprint density at radius 3 is 2.41 bits per heavy atom. The first-order valence-corrected chi connectivity index (χ1v) is 11.1. The molecule has 144 valence electrons. The van der Waals surface area contributed by atoms with Crippen LogP contribution in [0.25, 0.3) is 0 Å². The van der Waals surface area contributed by atoms with Crippen molar-refractivity contribution in [2.75, 3.05) is 17.3 Å². The molecule has 1 atom stereocenters. The highest BCUT2D eigenvalue weighted by Gasteiger charge is 2.33. The molecule has 0 aromatic heterocycles. The number of para-hydroxylation sites is 1. The molecule has 3 rings (SSSR count). The lowest BCUT2D eigenvalue weighted by atomic mass is 10.1. The fraction of sp³-hybridized carbons (Fsp3) is 0.435. The van der Waals surface area contributed by atoms with Gasteiger partial charge in [0.25, 0.3) is 0 Å². The maximum absolute atomic E-state index is 12.4. The Kier molecular flexibility index (Phi) is 7.64. The van der Waals surface area contributed by atoms with Gasteiger partial charge in [-0.3, -0.25) is 9.69 Å². The molecule has 1 heterocycles. The van der Waals surface area contributed by atoms with Gasteiger partial charge in [-0.25, -0.2) is 0 Å². The third kappa shape index (κ3) is 5.52. The summed E-state index contributed by atoms with van der Waals surface area (Å²) in [6.45, 7) is 3.02. The van der Waals surface area contributed by atoms with Gasteiger partial charge in [-0.05, 0) is 36.2 Å². The van der Waals surface area contributed by atoms with Gasteiger partial charge in [-0.2, -0.15) is 0 Å². The van der Waals surface area contributed by atoms with Crippen LogP contribution in [0.4, 0.5) is 5.69 Å². The van der Waals surface area contributed by atoms with Gasteiger partial charge in [0.1, 0.15) is 11.1 Å². The van der Waals surface area contributed by atoms with E-state index in [9.17, 15) is 4.79 Å². The first-order valence-electron chi connectivity index (χ1n) is 10.0. The third-order valence-corrected chi connectivity index (χ3v) is 6.05. The summed E-state index contributed by atoms with van der Waals surface area (Å²) < 4.78 is 5.88. The summed E-state index contributed by atoms with van der Waals surface area (Å²) in [5.41, 5.74) is 2.10.